The van der Waals surface area contributed by atoms with Gasteiger partial charge in [0.2, 0.25) is 6.79 Å². The first-order valence-corrected chi connectivity index (χ1v) is 15.4. The lowest BCUT2D eigenvalue weighted by Gasteiger charge is -2.30. The summed E-state index contributed by atoms with van der Waals surface area (Å²) in [7, 11) is 0.215. The molecule has 1 amide bonds. The van der Waals surface area contributed by atoms with Crippen molar-refractivity contribution in [2.24, 2.45) is 0 Å². The van der Waals surface area contributed by atoms with Gasteiger partial charge in [0.25, 0.3) is 15.9 Å². The zero-order valence-corrected chi connectivity index (χ0v) is 25.2. The normalized spacial score (nSPS) is 14.2. The van der Waals surface area contributed by atoms with Crippen molar-refractivity contribution in [1.82, 2.24) is 9.88 Å². The SMILES string of the molecule is CN(C)CCCN(C(=O)c1ccc(S(=O)(=O)N2CCCc3ccccc32)cc1)c1nc2cc3c(cc2s1)OCO3.Cl. The molecule has 2 aliphatic heterocycles. The van der Waals surface area contributed by atoms with Crippen LogP contribution in [0.5, 0.6) is 11.5 Å². The monoisotopic (exact) mass is 614 g/mol. The highest BCUT2D eigenvalue weighted by atomic mass is 35.5. The van der Waals surface area contributed by atoms with Gasteiger partial charge in [-0.05, 0) is 75.8 Å². The number of hydrogen-bond donors (Lipinski definition) is 0. The molecule has 3 heterocycles. The number of ether oxygens (including phenoxy) is 2. The second kappa shape index (κ2) is 11.8. The van der Waals surface area contributed by atoms with E-state index in [0.717, 1.165) is 47.3 Å². The van der Waals surface area contributed by atoms with E-state index in [4.69, 9.17) is 14.5 Å². The lowest BCUT2D eigenvalue weighted by atomic mass is 10.0. The summed E-state index contributed by atoms with van der Waals surface area (Å²) in [5.41, 5.74) is 2.88. The van der Waals surface area contributed by atoms with Gasteiger partial charge in [0, 0.05) is 30.8 Å². The third-order valence-electron chi connectivity index (χ3n) is 7.09. The summed E-state index contributed by atoms with van der Waals surface area (Å²) >= 11 is 1.42. The Labute approximate surface area is 249 Å². The van der Waals surface area contributed by atoms with Gasteiger partial charge in [0.15, 0.2) is 16.6 Å². The van der Waals surface area contributed by atoms with Gasteiger partial charge in [-0.2, -0.15) is 0 Å². The highest BCUT2D eigenvalue weighted by Gasteiger charge is 2.30. The minimum atomic E-state index is -3.77. The van der Waals surface area contributed by atoms with E-state index in [-0.39, 0.29) is 30.0 Å². The fourth-order valence-electron chi connectivity index (χ4n) is 5.05. The number of aromatic nitrogens is 1. The van der Waals surface area contributed by atoms with Gasteiger partial charge >= 0.3 is 0 Å². The van der Waals surface area contributed by atoms with E-state index in [1.165, 1.54) is 27.8 Å². The van der Waals surface area contributed by atoms with Gasteiger partial charge in [0.1, 0.15) is 0 Å². The number of aryl methyl sites for hydroxylation is 1. The summed E-state index contributed by atoms with van der Waals surface area (Å²) in [5.74, 6) is 1.08. The van der Waals surface area contributed by atoms with Gasteiger partial charge in [-0.3, -0.25) is 14.0 Å². The highest BCUT2D eigenvalue weighted by Crippen LogP contribution is 2.40. The molecule has 3 aromatic carbocycles. The van der Waals surface area contributed by atoms with E-state index in [1.54, 1.807) is 17.0 Å². The van der Waals surface area contributed by atoms with Crippen LogP contribution in [-0.4, -0.2) is 64.7 Å². The summed E-state index contributed by atoms with van der Waals surface area (Å²) in [4.78, 5) is 22.4. The van der Waals surface area contributed by atoms with E-state index in [1.807, 2.05) is 50.5 Å². The number of thiazole rings is 1. The van der Waals surface area contributed by atoms with Gasteiger partial charge in [-0.15, -0.1) is 12.4 Å². The van der Waals surface area contributed by atoms with E-state index in [0.29, 0.717) is 35.3 Å². The standard InChI is InChI=1S/C29H30N4O5S2.ClH/c1-31(2)14-6-15-32(29-30-23-17-25-26(38-19-37-25)18-27(23)39-29)28(34)21-10-12-22(13-11-21)40(35,36)33-16-5-8-20-7-3-4-9-24(20)33;/h3-4,7,9-13,17-18H,5-6,8,14-16,19H2,1-2H3;1H. The summed E-state index contributed by atoms with van der Waals surface area (Å²) in [5, 5.41) is 0.573. The van der Waals surface area contributed by atoms with Crippen LogP contribution in [0.2, 0.25) is 0 Å². The largest absolute Gasteiger partial charge is 0.454 e. The fraction of sp³-hybridized carbons (Fsp3) is 0.310. The number of sulfonamides is 1. The molecular formula is C29H31ClN4O5S2. The lowest BCUT2D eigenvalue weighted by Crippen LogP contribution is -2.35. The Kier molecular flexibility index (Phi) is 8.42. The minimum Gasteiger partial charge on any atom is -0.454 e. The second-order valence-electron chi connectivity index (χ2n) is 10.1. The molecule has 0 fully saturated rings. The van der Waals surface area contributed by atoms with Crippen LogP contribution < -0.4 is 18.7 Å². The molecule has 0 saturated heterocycles. The van der Waals surface area contributed by atoms with Crippen molar-refractivity contribution in [2.45, 2.75) is 24.2 Å². The predicted octanol–water partition coefficient (Wildman–Crippen LogP) is 5.19. The number of para-hydroxylation sites is 1. The number of carbonyl (C=O) groups is 1. The zero-order valence-electron chi connectivity index (χ0n) is 22.8. The first-order chi connectivity index (χ1) is 19.3. The molecule has 0 saturated carbocycles. The van der Waals surface area contributed by atoms with E-state index >= 15 is 0 Å². The van der Waals surface area contributed by atoms with Crippen molar-refractivity contribution in [1.29, 1.82) is 0 Å². The number of fused-ring (bicyclic) bond motifs is 3. The third-order valence-corrected chi connectivity index (χ3v) is 9.96. The van der Waals surface area contributed by atoms with Crippen molar-refractivity contribution in [3.8, 4) is 11.5 Å². The lowest BCUT2D eigenvalue weighted by molar-refractivity contribution is 0.0986. The Morgan fingerprint density at radius 3 is 2.51 bits per heavy atom. The smallest absolute Gasteiger partial charge is 0.264 e. The van der Waals surface area contributed by atoms with Crippen LogP contribution >= 0.6 is 23.7 Å². The molecule has 0 atom stereocenters. The summed E-state index contributed by atoms with van der Waals surface area (Å²) in [6.45, 7) is 1.88. The second-order valence-corrected chi connectivity index (χ2v) is 13.0. The Morgan fingerprint density at radius 1 is 1.02 bits per heavy atom. The Bertz CT molecular complexity index is 1630. The average molecular weight is 615 g/mol. The van der Waals surface area contributed by atoms with E-state index in [9.17, 15) is 13.2 Å². The Balaban J connectivity index is 0.00000337. The van der Waals surface area contributed by atoms with Gasteiger partial charge in [0.05, 0.1) is 20.8 Å². The number of nitrogens with zero attached hydrogens (tertiary/aromatic N) is 4. The van der Waals surface area contributed by atoms with E-state index in [2.05, 4.69) is 4.90 Å². The number of halogens is 1. The number of hydrogen-bond acceptors (Lipinski definition) is 8. The molecule has 12 heteroatoms. The van der Waals surface area contributed by atoms with E-state index < -0.39 is 10.0 Å². The molecule has 41 heavy (non-hydrogen) atoms. The Morgan fingerprint density at radius 2 is 1.76 bits per heavy atom. The van der Waals surface area contributed by atoms with Gasteiger partial charge in [-0.25, -0.2) is 13.4 Å². The van der Waals surface area contributed by atoms with Crippen molar-refractivity contribution in [3.63, 3.8) is 0 Å². The number of benzene rings is 3. The summed E-state index contributed by atoms with van der Waals surface area (Å²) < 4.78 is 40.5. The highest BCUT2D eigenvalue weighted by molar-refractivity contribution is 7.92. The van der Waals surface area contributed by atoms with Crippen LogP contribution in [0.25, 0.3) is 10.2 Å². The van der Waals surface area contributed by atoms with Gasteiger partial charge < -0.3 is 14.4 Å². The molecule has 9 nitrogen and oxygen atoms in total. The number of rotatable bonds is 8. The number of carbonyl (C=O) groups excluding carboxylic acids is 1. The quantitative estimate of drug-likeness (QED) is 0.270. The molecule has 0 radical (unpaired) electrons. The molecule has 6 rings (SSSR count). The molecule has 0 unspecified atom stereocenters. The van der Waals surface area contributed by atoms with Gasteiger partial charge in [-0.1, -0.05) is 29.5 Å². The average Bonchev–Trinajstić information content (AvgIpc) is 3.59. The first kappa shape index (κ1) is 29.1. The number of amides is 1. The zero-order chi connectivity index (χ0) is 27.9. The maximum atomic E-state index is 13.8. The molecule has 216 valence electrons. The molecule has 2 aliphatic rings. The maximum absolute atomic E-state index is 13.8. The van der Waals surface area contributed by atoms with Crippen LogP contribution in [0.15, 0.2) is 65.6 Å². The van der Waals surface area contributed by atoms with Crippen LogP contribution in [0.4, 0.5) is 10.8 Å². The van der Waals surface area contributed by atoms with Crippen LogP contribution in [0.1, 0.15) is 28.8 Å². The van der Waals surface area contributed by atoms with Crippen molar-refractivity contribution < 1.29 is 22.7 Å². The summed E-state index contributed by atoms with van der Waals surface area (Å²) in [6.07, 6.45) is 2.37. The molecule has 0 N–H and O–H groups in total. The summed E-state index contributed by atoms with van der Waals surface area (Å²) in [6, 6.07) is 17.6. The molecular weight excluding hydrogens is 584 g/mol. The minimum absolute atomic E-state index is 0. The Hall–Kier alpha value is -3.38. The van der Waals surface area contributed by atoms with Crippen molar-refractivity contribution in [3.05, 3.63) is 71.8 Å². The molecule has 0 spiro atoms. The molecule has 0 aliphatic carbocycles. The maximum Gasteiger partial charge on any atom is 0.264 e. The topological polar surface area (TPSA) is 92.3 Å². The van der Waals surface area contributed by atoms with Crippen LogP contribution in [-0.2, 0) is 16.4 Å². The fourth-order valence-corrected chi connectivity index (χ4v) is 7.59. The third kappa shape index (κ3) is 5.72. The molecule has 4 aromatic rings. The first-order valence-electron chi connectivity index (χ1n) is 13.2. The van der Waals surface area contributed by atoms with Crippen molar-refractivity contribution >= 4 is 60.7 Å². The molecule has 0 bridgehead atoms. The molecule has 1 aromatic heterocycles. The van der Waals surface area contributed by atoms with Crippen LogP contribution in [0.3, 0.4) is 0 Å². The van der Waals surface area contributed by atoms with Crippen molar-refractivity contribution in [2.75, 3.05) is 49.7 Å². The predicted molar refractivity (Wildman–Crippen MR) is 164 cm³/mol. The van der Waals surface area contributed by atoms with Crippen LogP contribution in [0, 0.1) is 0 Å². The number of anilines is 2.